The number of anilines is 2. The van der Waals surface area contributed by atoms with Gasteiger partial charge in [0.1, 0.15) is 5.69 Å². The van der Waals surface area contributed by atoms with Gasteiger partial charge in [-0.3, -0.25) is 10.1 Å². The van der Waals surface area contributed by atoms with Crippen LogP contribution in [0.3, 0.4) is 0 Å². The molecule has 96 valence electrons. The zero-order valence-corrected chi connectivity index (χ0v) is 11.5. The number of amides is 1. The Labute approximate surface area is 110 Å². The van der Waals surface area contributed by atoms with Crippen LogP contribution < -0.4 is 11.1 Å². The number of nitrogens with two attached hydrogens (primary N) is 1. The van der Waals surface area contributed by atoms with Gasteiger partial charge in [0.15, 0.2) is 5.13 Å². The van der Waals surface area contributed by atoms with Gasteiger partial charge in [0.05, 0.1) is 11.4 Å². The molecule has 2 rings (SSSR count). The van der Waals surface area contributed by atoms with Gasteiger partial charge >= 0.3 is 0 Å². The van der Waals surface area contributed by atoms with E-state index in [0.29, 0.717) is 23.1 Å². The number of thiazole rings is 1. The molecule has 0 saturated heterocycles. The Morgan fingerprint density at radius 1 is 1.56 bits per heavy atom. The summed E-state index contributed by atoms with van der Waals surface area (Å²) in [6.07, 6.45) is 1.76. The van der Waals surface area contributed by atoms with Crippen molar-refractivity contribution >= 4 is 28.1 Å². The van der Waals surface area contributed by atoms with Crippen LogP contribution in [0, 0.1) is 13.8 Å². The van der Waals surface area contributed by atoms with Gasteiger partial charge in [0, 0.05) is 17.6 Å². The average Bonchev–Trinajstić information content (AvgIpc) is 2.83. The molecule has 0 aliphatic carbocycles. The minimum absolute atomic E-state index is 0.178. The monoisotopic (exact) mass is 264 g/mol. The maximum atomic E-state index is 12.1. The van der Waals surface area contributed by atoms with Crippen LogP contribution in [0.15, 0.2) is 12.3 Å². The maximum Gasteiger partial charge on any atom is 0.274 e. The Balaban J connectivity index is 2.21. The number of nitrogens with zero attached hydrogens (tertiary/aromatic N) is 2. The second-order valence-corrected chi connectivity index (χ2v) is 5.26. The first-order valence-corrected chi connectivity index (χ1v) is 6.54. The molecule has 0 atom stereocenters. The van der Waals surface area contributed by atoms with E-state index in [1.165, 1.54) is 11.3 Å². The standard InChI is InChI=1S/C12H16N4OS/c1-4-16-6-9(13)5-10(16)11(17)15-12-14-7(2)8(3)18-12/h5-6H,4,13H2,1-3H3,(H,14,15,17). The van der Waals surface area contributed by atoms with Gasteiger partial charge in [0.25, 0.3) is 5.91 Å². The molecule has 0 aliphatic rings. The van der Waals surface area contributed by atoms with Crippen LogP contribution >= 0.6 is 11.3 Å². The highest BCUT2D eigenvalue weighted by atomic mass is 32.1. The predicted molar refractivity (Wildman–Crippen MR) is 74.1 cm³/mol. The summed E-state index contributed by atoms with van der Waals surface area (Å²) in [5, 5.41) is 3.42. The van der Waals surface area contributed by atoms with E-state index in [2.05, 4.69) is 10.3 Å². The smallest absolute Gasteiger partial charge is 0.274 e. The molecule has 0 bridgehead atoms. The summed E-state index contributed by atoms with van der Waals surface area (Å²) in [6.45, 7) is 6.58. The molecule has 0 radical (unpaired) electrons. The van der Waals surface area contributed by atoms with Crippen LogP contribution in [0.25, 0.3) is 0 Å². The molecule has 0 fully saturated rings. The molecule has 2 aromatic rings. The van der Waals surface area contributed by atoms with Crippen molar-refractivity contribution in [2.45, 2.75) is 27.3 Å². The zero-order valence-electron chi connectivity index (χ0n) is 10.7. The van der Waals surface area contributed by atoms with E-state index in [0.717, 1.165) is 10.6 Å². The van der Waals surface area contributed by atoms with Crippen LogP contribution in [-0.2, 0) is 6.54 Å². The number of hydrogen-bond acceptors (Lipinski definition) is 4. The summed E-state index contributed by atoms with van der Waals surface area (Å²) in [4.78, 5) is 17.5. The summed E-state index contributed by atoms with van der Waals surface area (Å²) >= 11 is 1.47. The summed E-state index contributed by atoms with van der Waals surface area (Å²) in [5.41, 5.74) is 7.79. The van der Waals surface area contributed by atoms with Crippen molar-refractivity contribution in [1.82, 2.24) is 9.55 Å². The lowest BCUT2D eigenvalue weighted by molar-refractivity contribution is 0.101. The van der Waals surface area contributed by atoms with Crippen molar-refractivity contribution in [3.05, 3.63) is 28.5 Å². The fourth-order valence-corrected chi connectivity index (χ4v) is 2.48. The molecule has 1 amide bonds. The molecular weight excluding hydrogens is 248 g/mol. The molecule has 0 saturated carbocycles. The number of hydrogen-bond donors (Lipinski definition) is 2. The van der Waals surface area contributed by atoms with Crippen LogP contribution in [0.4, 0.5) is 10.8 Å². The number of rotatable bonds is 3. The van der Waals surface area contributed by atoms with Crippen LogP contribution in [0.2, 0.25) is 0 Å². The van der Waals surface area contributed by atoms with Gasteiger partial charge < -0.3 is 10.3 Å². The minimum atomic E-state index is -0.178. The summed E-state index contributed by atoms with van der Waals surface area (Å²) in [6, 6.07) is 1.67. The van der Waals surface area contributed by atoms with Crippen LogP contribution in [-0.4, -0.2) is 15.5 Å². The fourth-order valence-electron chi connectivity index (χ4n) is 1.67. The van der Waals surface area contributed by atoms with E-state index in [1.807, 2.05) is 25.3 Å². The zero-order chi connectivity index (χ0) is 13.3. The molecule has 0 aliphatic heterocycles. The maximum absolute atomic E-state index is 12.1. The molecular formula is C12H16N4OS. The predicted octanol–water partition coefficient (Wildman–Crippen LogP) is 2.42. The Bertz CT molecular complexity index is 565. The van der Waals surface area contributed by atoms with E-state index in [-0.39, 0.29) is 5.91 Å². The second-order valence-electron chi connectivity index (χ2n) is 4.06. The number of carbonyl (C=O) groups is 1. The Morgan fingerprint density at radius 3 is 2.83 bits per heavy atom. The number of nitrogen functional groups attached to an aromatic ring is 1. The third-order valence-electron chi connectivity index (χ3n) is 2.74. The quantitative estimate of drug-likeness (QED) is 0.894. The molecule has 0 unspecified atom stereocenters. The number of nitrogens with one attached hydrogen (secondary N) is 1. The van der Waals surface area contributed by atoms with Crippen molar-refractivity contribution in [2.75, 3.05) is 11.1 Å². The summed E-state index contributed by atoms with van der Waals surface area (Å²) in [7, 11) is 0. The molecule has 2 heterocycles. The van der Waals surface area contributed by atoms with E-state index in [1.54, 1.807) is 12.3 Å². The van der Waals surface area contributed by atoms with Crippen molar-refractivity contribution in [2.24, 2.45) is 0 Å². The van der Waals surface area contributed by atoms with E-state index in [9.17, 15) is 4.79 Å². The molecule has 18 heavy (non-hydrogen) atoms. The van der Waals surface area contributed by atoms with E-state index < -0.39 is 0 Å². The van der Waals surface area contributed by atoms with Gasteiger partial charge in [-0.15, -0.1) is 11.3 Å². The number of aromatic nitrogens is 2. The number of aryl methyl sites for hydroxylation is 3. The lowest BCUT2D eigenvalue weighted by Gasteiger charge is -2.04. The number of carbonyl (C=O) groups excluding carboxylic acids is 1. The van der Waals surface area contributed by atoms with Crippen molar-refractivity contribution in [3.8, 4) is 0 Å². The van der Waals surface area contributed by atoms with Gasteiger partial charge in [-0.2, -0.15) is 0 Å². The normalized spacial score (nSPS) is 10.6. The molecule has 2 aromatic heterocycles. The SMILES string of the molecule is CCn1cc(N)cc1C(=O)Nc1nc(C)c(C)s1. The topological polar surface area (TPSA) is 72.9 Å². The van der Waals surface area contributed by atoms with Crippen molar-refractivity contribution in [1.29, 1.82) is 0 Å². The molecule has 0 aromatic carbocycles. The summed E-state index contributed by atoms with van der Waals surface area (Å²) in [5.74, 6) is -0.178. The van der Waals surface area contributed by atoms with Gasteiger partial charge in [-0.25, -0.2) is 4.98 Å². The van der Waals surface area contributed by atoms with Gasteiger partial charge in [-0.1, -0.05) is 0 Å². The third kappa shape index (κ3) is 2.38. The summed E-state index contributed by atoms with van der Waals surface area (Å²) < 4.78 is 1.82. The Hall–Kier alpha value is -1.82. The highest BCUT2D eigenvalue weighted by Gasteiger charge is 2.14. The first-order valence-electron chi connectivity index (χ1n) is 5.72. The highest BCUT2D eigenvalue weighted by Crippen LogP contribution is 2.22. The highest BCUT2D eigenvalue weighted by molar-refractivity contribution is 7.15. The first kappa shape index (κ1) is 12.6. The average molecular weight is 264 g/mol. The molecule has 5 nitrogen and oxygen atoms in total. The molecule has 0 spiro atoms. The lowest BCUT2D eigenvalue weighted by Crippen LogP contribution is -2.16. The van der Waals surface area contributed by atoms with Crippen LogP contribution in [0.5, 0.6) is 0 Å². The van der Waals surface area contributed by atoms with Gasteiger partial charge in [-0.05, 0) is 26.8 Å². The van der Waals surface area contributed by atoms with Crippen LogP contribution in [0.1, 0.15) is 28.0 Å². The molecule has 3 N–H and O–H groups in total. The van der Waals surface area contributed by atoms with E-state index >= 15 is 0 Å². The van der Waals surface area contributed by atoms with Gasteiger partial charge in [0.2, 0.25) is 0 Å². The Kier molecular flexibility index (Phi) is 3.38. The third-order valence-corrected chi connectivity index (χ3v) is 3.73. The minimum Gasteiger partial charge on any atom is -0.397 e. The first-order chi connectivity index (χ1) is 8.51. The Morgan fingerprint density at radius 2 is 2.28 bits per heavy atom. The van der Waals surface area contributed by atoms with E-state index in [4.69, 9.17) is 5.73 Å². The van der Waals surface area contributed by atoms with Crippen molar-refractivity contribution < 1.29 is 4.79 Å². The largest absolute Gasteiger partial charge is 0.397 e. The second kappa shape index (κ2) is 4.81. The molecule has 6 heteroatoms. The lowest BCUT2D eigenvalue weighted by atomic mass is 10.4. The fraction of sp³-hybridized carbons (Fsp3) is 0.333. The van der Waals surface area contributed by atoms with Crippen molar-refractivity contribution in [3.63, 3.8) is 0 Å².